The van der Waals surface area contributed by atoms with Crippen molar-refractivity contribution in [1.82, 2.24) is 0 Å². The molecule has 0 aliphatic carbocycles. The van der Waals surface area contributed by atoms with Gasteiger partial charge < -0.3 is 19.8 Å². The lowest BCUT2D eigenvalue weighted by Gasteiger charge is -2.32. The Morgan fingerprint density at radius 2 is 1.76 bits per heavy atom. The molecule has 1 fully saturated rings. The van der Waals surface area contributed by atoms with Gasteiger partial charge in [0.2, 0.25) is 0 Å². The Bertz CT molecular complexity index is 621. The van der Waals surface area contributed by atoms with Crippen LogP contribution in [0.5, 0.6) is 0 Å². The molecule has 5 nitrogen and oxygen atoms in total. The molecule has 25 heavy (non-hydrogen) atoms. The van der Waals surface area contributed by atoms with Crippen LogP contribution < -0.4 is 11.2 Å². The highest BCUT2D eigenvalue weighted by atomic mass is 16.7. The maximum Gasteiger partial charge on any atom is 0.494 e. The van der Waals surface area contributed by atoms with E-state index in [0.717, 1.165) is 11.0 Å². The van der Waals surface area contributed by atoms with Crippen molar-refractivity contribution in [3.8, 4) is 0 Å². The van der Waals surface area contributed by atoms with Gasteiger partial charge in [-0.2, -0.15) is 0 Å². The van der Waals surface area contributed by atoms with Gasteiger partial charge in [0.15, 0.2) is 0 Å². The van der Waals surface area contributed by atoms with Gasteiger partial charge in [-0.1, -0.05) is 24.3 Å². The summed E-state index contributed by atoms with van der Waals surface area (Å²) < 4.78 is 17.5. The Balaban J connectivity index is 2.09. The summed E-state index contributed by atoms with van der Waals surface area (Å²) in [6, 6.07) is 7.11. The molecule has 0 amide bonds. The molecule has 1 saturated heterocycles. The number of hydrogen-bond acceptors (Lipinski definition) is 5. The summed E-state index contributed by atoms with van der Waals surface area (Å²) in [6.45, 7) is 13.6. The minimum atomic E-state index is -0.701. The standard InChI is InChI=1S/C19H30BNO4/c1-17(2,3)23-16(22)15(21)12-13-9-8-10-14(11-13)20-24-18(4,5)19(6,7)25-20/h8-11,15H,12,21H2,1-7H3/t15-/m0/s1. The number of esters is 1. The van der Waals surface area contributed by atoms with Gasteiger partial charge >= 0.3 is 13.1 Å². The Morgan fingerprint density at radius 3 is 2.28 bits per heavy atom. The van der Waals surface area contributed by atoms with Gasteiger partial charge in [-0.15, -0.1) is 0 Å². The molecule has 0 spiro atoms. The van der Waals surface area contributed by atoms with Crippen molar-refractivity contribution in [2.24, 2.45) is 5.73 Å². The van der Waals surface area contributed by atoms with E-state index in [-0.39, 0.29) is 11.2 Å². The van der Waals surface area contributed by atoms with E-state index in [0.29, 0.717) is 6.42 Å². The first-order valence-electron chi connectivity index (χ1n) is 8.74. The molecule has 1 atom stereocenters. The minimum absolute atomic E-state index is 0.388. The van der Waals surface area contributed by atoms with Gasteiger partial charge in [-0.3, -0.25) is 4.79 Å². The van der Waals surface area contributed by atoms with Gasteiger partial charge in [0.1, 0.15) is 11.6 Å². The van der Waals surface area contributed by atoms with Crippen molar-refractivity contribution < 1.29 is 18.8 Å². The van der Waals surface area contributed by atoms with Crippen molar-refractivity contribution >= 4 is 18.6 Å². The van der Waals surface area contributed by atoms with E-state index in [4.69, 9.17) is 19.8 Å². The molecule has 138 valence electrons. The van der Waals surface area contributed by atoms with E-state index in [9.17, 15) is 4.79 Å². The van der Waals surface area contributed by atoms with E-state index in [1.54, 1.807) is 0 Å². The Hall–Kier alpha value is -1.37. The third-order valence-corrected chi connectivity index (χ3v) is 4.64. The van der Waals surface area contributed by atoms with Crippen LogP contribution in [0.15, 0.2) is 24.3 Å². The summed E-state index contributed by atoms with van der Waals surface area (Å²) in [6.07, 6.45) is 0.405. The largest absolute Gasteiger partial charge is 0.494 e. The van der Waals surface area contributed by atoms with Crippen molar-refractivity contribution in [3.05, 3.63) is 29.8 Å². The summed E-state index contributed by atoms with van der Waals surface area (Å²) >= 11 is 0. The van der Waals surface area contributed by atoms with Crippen LogP contribution in [0.4, 0.5) is 0 Å². The number of carbonyl (C=O) groups is 1. The number of carbonyl (C=O) groups excluding carboxylic acids is 1. The van der Waals surface area contributed by atoms with Gasteiger partial charge in [0, 0.05) is 0 Å². The molecular weight excluding hydrogens is 317 g/mol. The zero-order valence-corrected chi connectivity index (χ0v) is 16.4. The van der Waals surface area contributed by atoms with Gasteiger partial charge in [0.05, 0.1) is 11.2 Å². The number of rotatable bonds is 4. The lowest BCUT2D eigenvalue weighted by molar-refractivity contribution is -0.156. The second kappa shape index (κ2) is 6.74. The van der Waals surface area contributed by atoms with E-state index >= 15 is 0 Å². The number of ether oxygens (including phenoxy) is 1. The fourth-order valence-electron chi connectivity index (χ4n) is 2.56. The van der Waals surface area contributed by atoms with Gasteiger partial charge in [-0.25, -0.2) is 0 Å². The zero-order valence-electron chi connectivity index (χ0n) is 16.4. The molecule has 1 aromatic carbocycles. The highest BCUT2D eigenvalue weighted by molar-refractivity contribution is 6.62. The lowest BCUT2D eigenvalue weighted by atomic mass is 9.78. The predicted molar refractivity (Wildman–Crippen MR) is 99.7 cm³/mol. The van der Waals surface area contributed by atoms with Crippen molar-refractivity contribution in [3.63, 3.8) is 0 Å². The molecule has 0 aromatic heterocycles. The second-order valence-corrected chi connectivity index (χ2v) is 8.68. The van der Waals surface area contributed by atoms with Crippen LogP contribution in [-0.2, 0) is 25.3 Å². The average molecular weight is 347 g/mol. The van der Waals surface area contributed by atoms with Crippen LogP contribution in [0.1, 0.15) is 54.0 Å². The predicted octanol–water partition coefficient (Wildman–Crippen LogP) is 2.20. The van der Waals surface area contributed by atoms with E-state index < -0.39 is 24.7 Å². The van der Waals surface area contributed by atoms with Crippen molar-refractivity contribution in [1.29, 1.82) is 0 Å². The highest BCUT2D eigenvalue weighted by Crippen LogP contribution is 2.36. The summed E-state index contributed by atoms with van der Waals surface area (Å²) in [4.78, 5) is 12.1. The van der Waals surface area contributed by atoms with Crippen molar-refractivity contribution in [2.45, 2.75) is 77.7 Å². The molecular formula is C19H30BNO4. The quantitative estimate of drug-likeness (QED) is 0.668. The van der Waals surface area contributed by atoms with E-state index in [1.807, 2.05) is 72.7 Å². The first kappa shape index (κ1) is 20.0. The lowest BCUT2D eigenvalue weighted by Crippen LogP contribution is -2.41. The monoisotopic (exact) mass is 347 g/mol. The number of nitrogens with two attached hydrogens (primary N) is 1. The minimum Gasteiger partial charge on any atom is -0.459 e. The molecule has 0 unspecified atom stereocenters. The number of hydrogen-bond donors (Lipinski definition) is 1. The smallest absolute Gasteiger partial charge is 0.459 e. The summed E-state index contributed by atoms with van der Waals surface area (Å²) in [5.41, 5.74) is 6.56. The summed E-state index contributed by atoms with van der Waals surface area (Å²) in [5.74, 6) is -0.395. The topological polar surface area (TPSA) is 70.8 Å². The van der Waals surface area contributed by atoms with Gasteiger partial charge in [0.25, 0.3) is 0 Å². The fourth-order valence-corrected chi connectivity index (χ4v) is 2.56. The molecule has 6 heteroatoms. The average Bonchev–Trinajstić information content (AvgIpc) is 2.66. The second-order valence-electron chi connectivity index (χ2n) is 8.68. The molecule has 0 radical (unpaired) electrons. The molecule has 1 aliphatic heterocycles. The number of benzene rings is 1. The van der Waals surface area contributed by atoms with Crippen LogP contribution in [0.3, 0.4) is 0 Å². The van der Waals surface area contributed by atoms with Crippen LogP contribution in [0.2, 0.25) is 0 Å². The fraction of sp³-hybridized carbons (Fsp3) is 0.632. The Kier molecular flexibility index (Phi) is 5.38. The molecule has 0 bridgehead atoms. The Morgan fingerprint density at radius 1 is 1.20 bits per heavy atom. The first-order valence-corrected chi connectivity index (χ1v) is 8.74. The molecule has 2 N–H and O–H groups in total. The van der Waals surface area contributed by atoms with E-state index in [2.05, 4.69) is 0 Å². The third-order valence-electron chi connectivity index (χ3n) is 4.64. The molecule has 1 aromatic rings. The summed E-state index contributed by atoms with van der Waals surface area (Å²) in [5, 5.41) is 0. The molecule has 1 heterocycles. The van der Waals surface area contributed by atoms with Crippen LogP contribution in [0, 0.1) is 0 Å². The highest BCUT2D eigenvalue weighted by Gasteiger charge is 2.51. The molecule has 1 aliphatic rings. The first-order chi connectivity index (χ1) is 11.3. The zero-order chi connectivity index (χ0) is 19.0. The van der Waals surface area contributed by atoms with Crippen LogP contribution in [0.25, 0.3) is 0 Å². The maximum atomic E-state index is 12.1. The summed E-state index contributed by atoms with van der Waals surface area (Å²) in [7, 11) is -0.428. The third kappa shape index (κ3) is 4.84. The Labute approximate surface area is 151 Å². The van der Waals surface area contributed by atoms with Gasteiger partial charge in [-0.05, 0) is 65.9 Å². The normalized spacial score (nSPS) is 20.4. The van der Waals surface area contributed by atoms with Crippen LogP contribution >= 0.6 is 0 Å². The van der Waals surface area contributed by atoms with E-state index in [1.165, 1.54) is 0 Å². The maximum absolute atomic E-state index is 12.1. The molecule has 0 saturated carbocycles. The molecule has 2 rings (SSSR count). The van der Waals surface area contributed by atoms with Crippen molar-refractivity contribution in [2.75, 3.05) is 0 Å². The SMILES string of the molecule is CC(C)(C)OC(=O)[C@@H](N)Cc1cccc(B2OC(C)(C)C(C)(C)O2)c1. The van der Waals surface area contributed by atoms with Crippen LogP contribution in [-0.4, -0.2) is 35.9 Å².